The van der Waals surface area contributed by atoms with Crippen molar-refractivity contribution in [3.05, 3.63) is 71.8 Å². The lowest BCUT2D eigenvalue weighted by molar-refractivity contribution is -0.143. The third-order valence-electron chi connectivity index (χ3n) is 5.10. The standard InChI is InChI=1S/C21H23NO3/c1-2-25-21(23)20-19(17-13-24-14-17)22(20)18(15-9-5-3-6-10-15)16-11-7-4-8-12-16/h3-12,17-20H,2,13-14H2,1H3/t19-,20+,22?/m1/s1. The van der Waals surface area contributed by atoms with Crippen LogP contribution in [-0.2, 0) is 14.3 Å². The van der Waals surface area contributed by atoms with E-state index in [1.165, 1.54) is 11.1 Å². The van der Waals surface area contributed by atoms with Crippen molar-refractivity contribution < 1.29 is 14.3 Å². The number of carbonyl (C=O) groups excluding carboxylic acids is 1. The predicted octanol–water partition coefficient (Wildman–Crippen LogP) is 3.04. The van der Waals surface area contributed by atoms with E-state index in [-0.39, 0.29) is 24.1 Å². The van der Waals surface area contributed by atoms with Gasteiger partial charge in [-0.1, -0.05) is 60.7 Å². The van der Waals surface area contributed by atoms with E-state index in [9.17, 15) is 4.79 Å². The van der Waals surface area contributed by atoms with Crippen molar-refractivity contribution in [1.82, 2.24) is 4.90 Å². The van der Waals surface area contributed by atoms with Gasteiger partial charge in [-0.15, -0.1) is 0 Å². The smallest absolute Gasteiger partial charge is 0.325 e. The van der Waals surface area contributed by atoms with Crippen LogP contribution in [0, 0.1) is 5.92 Å². The number of nitrogens with zero attached hydrogens (tertiary/aromatic N) is 1. The van der Waals surface area contributed by atoms with Crippen LogP contribution in [0.1, 0.15) is 24.1 Å². The van der Waals surface area contributed by atoms with Gasteiger partial charge in [-0.05, 0) is 18.1 Å². The third-order valence-corrected chi connectivity index (χ3v) is 5.10. The summed E-state index contributed by atoms with van der Waals surface area (Å²) in [6.07, 6.45) is 0. The zero-order valence-electron chi connectivity index (χ0n) is 14.4. The highest BCUT2D eigenvalue weighted by molar-refractivity contribution is 5.81. The molecule has 2 aromatic carbocycles. The fourth-order valence-corrected chi connectivity index (χ4v) is 3.85. The number of carbonyl (C=O) groups is 1. The summed E-state index contributed by atoms with van der Waals surface area (Å²) in [5, 5.41) is 0. The topological polar surface area (TPSA) is 38.5 Å². The van der Waals surface area contributed by atoms with Crippen molar-refractivity contribution in [3.8, 4) is 0 Å². The first-order valence-electron chi connectivity index (χ1n) is 8.93. The maximum absolute atomic E-state index is 12.5. The quantitative estimate of drug-likeness (QED) is 0.600. The second-order valence-corrected chi connectivity index (χ2v) is 6.66. The highest BCUT2D eigenvalue weighted by Gasteiger charge is 2.61. The van der Waals surface area contributed by atoms with Crippen LogP contribution in [0.5, 0.6) is 0 Å². The summed E-state index contributed by atoms with van der Waals surface area (Å²) < 4.78 is 10.7. The van der Waals surface area contributed by atoms with Crippen molar-refractivity contribution in [2.24, 2.45) is 5.92 Å². The Morgan fingerprint density at radius 2 is 1.64 bits per heavy atom. The van der Waals surface area contributed by atoms with Gasteiger partial charge in [0.15, 0.2) is 0 Å². The van der Waals surface area contributed by atoms with Gasteiger partial charge in [0, 0.05) is 12.0 Å². The second-order valence-electron chi connectivity index (χ2n) is 6.66. The van der Waals surface area contributed by atoms with Crippen LogP contribution in [0.25, 0.3) is 0 Å². The molecule has 0 N–H and O–H groups in total. The molecule has 4 heteroatoms. The summed E-state index contributed by atoms with van der Waals surface area (Å²) in [5.41, 5.74) is 2.40. The number of benzene rings is 2. The Kier molecular flexibility index (Phi) is 4.55. The van der Waals surface area contributed by atoms with Gasteiger partial charge in [0.1, 0.15) is 6.04 Å². The second kappa shape index (κ2) is 6.98. The highest BCUT2D eigenvalue weighted by atomic mass is 16.5. The summed E-state index contributed by atoms with van der Waals surface area (Å²) in [5.74, 6) is 0.292. The van der Waals surface area contributed by atoms with Crippen LogP contribution >= 0.6 is 0 Å². The lowest BCUT2D eigenvalue weighted by atomic mass is 9.97. The minimum atomic E-state index is -0.181. The number of hydrogen-bond acceptors (Lipinski definition) is 4. The average molecular weight is 337 g/mol. The van der Waals surface area contributed by atoms with Gasteiger partial charge in [0.05, 0.1) is 25.9 Å². The van der Waals surface area contributed by atoms with Gasteiger partial charge < -0.3 is 9.47 Å². The van der Waals surface area contributed by atoms with Crippen LogP contribution in [-0.4, -0.2) is 42.8 Å². The Hall–Kier alpha value is -2.17. The van der Waals surface area contributed by atoms with Gasteiger partial charge in [-0.25, -0.2) is 0 Å². The van der Waals surface area contributed by atoms with E-state index in [0.29, 0.717) is 12.5 Å². The Labute approximate surface area is 148 Å². The Balaban J connectivity index is 1.69. The normalized spacial score (nSPS) is 25.4. The van der Waals surface area contributed by atoms with Crippen molar-refractivity contribution in [2.45, 2.75) is 25.0 Å². The molecule has 0 amide bonds. The van der Waals surface area contributed by atoms with Crippen LogP contribution < -0.4 is 0 Å². The average Bonchev–Trinajstić information content (AvgIpc) is 3.30. The molecule has 0 aliphatic carbocycles. The minimum absolute atomic E-state index is 0.0578. The monoisotopic (exact) mass is 337 g/mol. The molecular weight excluding hydrogens is 314 g/mol. The summed E-state index contributed by atoms with van der Waals surface area (Å²) in [6.45, 7) is 3.73. The molecule has 0 aromatic heterocycles. The first-order valence-corrected chi connectivity index (χ1v) is 8.93. The zero-order valence-corrected chi connectivity index (χ0v) is 14.4. The molecule has 4 rings (SSSR count). The molecule has 0 spiro atoms. The van der Waals surface area contributed by atoms with Crippen LogP contribution in [0.3, 0.4) is 0 Å². The van der Waals surface area contributed by atoms with Gasteiger partial charge in [0.25, 0.3) is 0 Å². The van der Waals surface area contributed by atoms with Gasteiger partial charge >= 0.3 is 5.97 Å². The number of hydrogen-bond donors (Lipinski definition) is 0. The SMILES string of the molecule is CCOC(=O)[C@@H]1[C@@H](C2COC2)N1C(c1ccccc1)c1ccccc1. The molecular formula is C21H23NO3. The van der Waals surface area contributed by atoms with Crippen molar-refractivity contribution in [2.75, 3.05) is 19.8 Å². The molecule has 1 unspecified atom stereocenters. The summed E-state index contributed by atoms with van der Waals surface area (Å²) in [7, 11) is 0. The molecule has 130 valence electrons. The first kappa shape index (κ1) is 16.3. The van der Waals surface area contributed by atoms with E-state index >= 15 is 0 Å². The number of esters is 1. The highest BCUT2D eigenvalue weighted by Crippen LogP contribution is 2.47. The van der Waals surface area contributed by atoms with E-state index in [1.54, 1.807) is 0 Å². The summed E-state index contributed by atoms with van der Waals surface area (Å²) in [6, 6.07) is 20.8. The molecule has 2 fully saturated rings. The van der Waals surface area contributed by atoms with Gasteiger partial charge in [-0.2, -0.15) is 0 Å². The zero-order chi connectivity index (χ0) is 17.2. The van der Waals surface area contributed by atoms with E-state index < -0.39 is 0 Å². The van der Waals surface area contributed by atoms with E-state index in [4.69, 9.17) is 9.47 Å². The van der Waals surface area contributed by atoms with Crippen molar-refractivity contribution >= 4 is 5.97 Å². The molecule has 2 heterocycles. The maximum Gasteiger partial charge on any atom is 0.325 e. The van der Waals surface area contributed by atoms with Gasteiger partial charge in [-0.3, -0.25) is 9.69 Å². The van der Waals surface area contributed by atoms with E-state index in [1.807, 2.05) is 19.1 Å². The maximum atomic E-state index is 12.5. The largest absolute Gasteiger partial charge is 0.465 e. The lowest BCUT2D eigenvalue weighted by Crippen LogP contribution is -2.35. The first-order chi connectivity index (χ1) is 12.3. The fourth-order valence-electron chi connectivity index (χ4n) is 3.85. The molecule has 4 nitrogen and oxygen atoms in total. The van der Waals surface area contributed by atoms with Crippen LogP contribution in [0.15, 0.2) is 60.7 Å². The molecule has 25 heavy (non-hydrogen) atoms. The molecule has 0 saturated carbocycles. The van der Waals surface area contributed by atoms with Gasteiger partial charge in [0.2, 0.25) is 0 Å². The molecule has 2 aromatic rings. The van der Waals surface area contributed by atoms with E-state index in [2.05, 4.69) is 53.4 Å². The Morgan fingerprint density at radius 3 is 2.08 bits per heavy atom. The van der Waals surface area contributed by atoms with Crippen molar-refractivity contribution in [1.29, 1.82) is 0 Å². The van der Waals surface area contributed by atoms with E-state index in [0.717, 1.165) is 13.2 Å². The Bertz CT molecular complexity index is 675. The lowest BCUT2D eigenvalue weighted by Gasteiger charge is -2.28. The molecule has 0 radical (unpaired) electrons. The molecule has 0 bridgehead atoms. The third kappa shape index (κ3) is 3.08. The number of ether oxygens (including phenoxy) is 2. The van der Waals surface area contributed by atoms with Crippen LogP contribution in [0.4, 0.5) is 0 Å². The molecule has 2 saturated heterocycles. The minimum Gasteiger partial charge on any atom is -0.465 e. The number of rotatable bonds is 6. The van der Waals surface area contributed by atoms with Crippen LogP contribution in [0.2, 0.25) is 0 Å². The fraction of sp³-hybridized carbons (Fsp3) is 0.381. The Morgan fingerprint density at radius 1 is 1.08 bits per heavy atom. The predicted molar refractivity (Wildman–Crippen MR) is 95.1 cm³/mol. The molecule has 2 aliphatic heterocycles. The van der Waals surface area contributed by atoms with Crippen molar-refractivity contribution in [3.63, 3.8) is 0 Å². The molecule has 2 aliphatic rings. The summed E-state index contributed by atoms with van der Waals surface area (Å²) in [4.78, 5) is 14.8. The molecule has 3 atom stereocenters. The summed E-state index contributed by atoms with van der Waals surface area (Å²) >= 11 is 0.